The third-order valence-corrected chi connectivity index (χ3v) is 9.69. The molecule has 2 amide bonds. The number of amides is 2. The van der Waals surface area contributed by atoms with Crippen molar-refractivity contribution in [3.8, 4) is 5.75 Å². The molecule has 3 aromatic rings. The number of benzene rings is 3. The minimum atomic E-state index is -1.52. The molecule has 3 aromatic carbocycles. The van der Waals surface area contributed by atoms with Gasteiger partial charge in [-0.3, -0.25) is 14.0 Å². The van der Waals surface area contributed by atoms with Crippen molar-refractivity contribution in [2.75, 3.05) is 31.5 Å². The van der Waals surface area contributed by atoms with Crippen LogP contribution in [0.2, 0.25) is 10.0 Å². The summed E-state index contributed by atoms with van der Waals surface area (Å²) in [4.78, 5) is 40.6. The first-order valence-corrected chi connectivity index (χ1v) is 14.8. The molecule has 1 saturated carbocycles. The molecule has 0 bridgehead atoms. The summed E-state index contributed by atoms with van der Waals surface area (Å²) in [6, 6.07) is 11.8. The second-order valence-electron chi connectivity index (χ2n) is 11.6. The van der Waals surface area contributed by atoms with Crippen LogP contribution in [-0.2, 0) is 19.7 Å². The maximum atomic E-state index is 16.0. The Kier molecular flexibility index (Phi) is 7.80. The van der Waals surface area contributed by atoms with E-state index in [2.05, 4.69) is 16.0 Å². The van der Waals surface area contributed by atoms with Crippen molar-refractivity contribution in [3.05, 3.63) is 87.2 Å². The number of esters is 1. The second-order valence-corrected chi connectivity index (χ2v) is 12.4. The smallest absolute Gasteiger partial charge is 0.337 e. The normalized spacial score (nSPS) is 24.5. The highest BCUT2D eigenvalue weighted by Gasteiger charge is 2.67. The average molecular weight is 645 g/mol. The first-order chi connectivity index (χ1) is 21.1. The molecule has 0 radical (unpaired) electrons. The summed E-state index contributed by atoms with van der Waals surface area (Å²) in [5.74, 6) is -3.33. The predicted molar refractivity (Wildman–Crippen MR) is 162 cm³/mol. The summed E-state index contributed by atoms with van der Waals surface area (Å²) >= 11 is 12.5. The van der Waals surface area contributed by atoms with Crippen LogP contribution in [-0.4, -0.2) is 50.8 Å². The van der Waals surface area contributed by atoms with E-state index >= 15 is 4.39 Å². The van der Waals surface area contributed by atoms with Crippen LogP contribution in [0.3, 0.4) is 0 Å². The SMILES string of the molecule is COC(=O)c1ccc(NC(=O)[C@@H]2N[C@@H](CC3(CF)CC3)C3(C(=O)Nc4cc(Cl)ccc43)[C@H]2c2cccc(Cl)c2F)c(OC)c1. The highest BCUT2D eigenvalue weighted by molar-refractivity contribution is 6.31. The Bertz CT molecular complexity index is 1680. The summed E-state index contributed by atoms with van der Waals surface area (Å²) < 4.78 is 40.5. The lowest BCUT2D eigenvalue weighted by Gasteiger charge is -2.36. The standard InChI is InChI=1S/C32H29Cl2F2N3O5/c1-43-23-12-16(29(41)44-2)6-9-21(23)37-28(40)27-25(18-4-3-5-20(34)26(18)36)32(24(39-27)14-31(15-35)10-11-31)19-8-7-17(33)13-22(19)38-30(32)42/h3-9,12-13,24-25,27,39H,10-11,14-15H2,1-2H3,(H,37,40)(H,38,42)/t24-,25-,27+,32?/m0/s1. The number of ether oxygens (including phenoxy) is 2. The minimum absolute atomic E-state index is 0.0590. The van der Waals surface area contributed by atoms with E-state index in [9.17, 15) is 18.8 Å². The third-order valence-electron chi connectivity index (χ3n) is 9.16. The van der Waals surface area contributed by atoms with E-state index in [1.54, 1.807) is 24.3 Å². The number of halogens is 4. The molecule has 1 spiro atoms. The number of rotatable bonds is 8. The maximum absolute atomic E-state index is 16.0. The van der Waals surface area contributed by atoms with E-state index < -0.39 is 59.1 Å². The molecule has 1 saturated heterocycles. The monoisotopic (exact) mass is 643 g/mol. The molecule has 12 heteroatoms. The van der Waals surface area contributed by atoms with Crippen LogP contribution < -0.4 is 20.7 Å². The molecule has 2 aliphatic heterocycles. The molecule has 8 nitrogen and oxygen atoms in total. The Balaban J connectivity index is 1.50. The van der Waals surface area contributed by atoms with Gasteiger partial charge < -0.3 is 25.4 Å². The van der Waals surface area contributed by atoms with Crippen molar-refractivity contribution in [1.82, 2.24) is 5.32 Å². The lowest BCUT2D eigenvalue weighted by molar-refractivity contribution is -0.122. The molecule has 2 heterocycles. The molecule has 4 atom stereocenters. The first-order valence-electron chi connectivity index (χ1n) is 14.0. The summed E-state index contributed by atoms with van der Waals surface area (Å²) in [6.07, 6.45) is 1.49. The van der Waals surface area contributed by atoms with Crippen LogP contribution in [0.15, 0.2) is 54.6 Å². The molecule has 6 rings (SSSR count). The van der Waals surface area contributed by atoms with Gasteiger partial charge in [0.25, 0.3) is 0 Å². The Morgan fingerprint density at radius 2 is 1.86 bits per heavy atom. The number of carbonyl (C=O) groups is 3. The number of hydrogen-bond donors (Lipinski definition) is 3. The summed E-state index contributed by atoms with van der Waals surface area (Å²) in [6.45, 7) is -0.590. The molecular formula is C32H29Cl2F2N3O5. The van der Waals surface area contributed by atoms with Crippen LogP contribution in [0.4, 0.5) is 20.2 Å². The maximum Gasteiger partial charge on any atom is 0.337 e. The number of fused-ring (bicyclic) bond motifs is 2. The van der Waals surface area contributed by atoms with Crippen LogP contribution in [0.5, 0.6) is 5.75 Å². The van der Waals surface area contributed by atoms with Crippen LogP contribution >= 0.6 is 23.2 Å². The number of nitrogens with one attached hydrogen (secondary N) is 3. The Labute approximate surface area is 262 Å². The van der Waals surface area contributed by atoms with Crippen molar-refractivity contribution in [3.63, 3.8) is 0 Å². The molecule has 3 N–H and O–H groups in total. The van der Waals surface area contributed by atoms with Gasteiger partial charge in [0.05, 0.1) is 43.2 Å². The van der Waals surface area contributed by atoms with Crippen molar-refractivity contribution in [1.29, 1.82) is 0 Å². The highest BCUT2D eigenvalue weighted by atomic mass is 35.5. The van der Waals surface area contributed by atoms with E-state index in [1.165, 1.54) is 44.6 Å². The van der Waals surface area contributed by atoms with Crippen molar-refractivity contribution in [2.24, 2.45) is 5.41 Å². The van der Waals surface area contributed by atoms with E-state index in [1.807, 2.05) is 0 Å². The molecule has 1 unspecified atom stereocenters. The topological polar surface area (TPSA) is 106 Å². The average Bonchev–Trinajstić information content (AvgIpc) is 3.63. The van der Waals surface area contributed by atoms with Crippen molar-refractivity contribution < 1.29 is 32.6 Å². The van der Waals surface area contributed by atoms with Gasteiger partial charge in [0.1, 0.15) is 17.0 Å². The van der Waals surface area contributed by atoms with Crippen LogP contribution in [0.25, 0.3) is 0 Å². The molecule has 0 aromatic heterocycles. The third kappa shape index (κ3) is 4.80. The van der Waals surface area contributed by atoms with Gasteiger partial charge in [0.2, 0.25) is 11.8 Å². The largest absolute Gasteiger partial charge is 0.495 e. The Morgan fingerprint density at radius 1 is 1.09 bits per heavy atom. The van der Waals surface area contributed by atoms with E-state index in [-0.39, 0.29) is 34.0 Å². The highest BCUT2D eigenvalue weighted by Crippen LogP contribution is 2.60. The second kappa shape index (κ2) is 11.3. The lowest BCUT2D eigenvalue weighted by Crippen LogP contribution is -2.49. The van der Waals surface area contributed by atoms with Gasteiger partial charge in [-0.2, -0.15) is 0 Å². The zero-order chi connectivity index (χ0) is 31.4. The fraction of sp³-hybridized carbons (Fsp3) is 0.344. The number of anilines is 2. The van der Waals surface area contributed by atoms with Crippen LogP contribution in [0, 0.1) is 11.2 Å². The Morgan fingerprint density at radius 3 is 2.55 bits per heavy atom. The number of methoxy groups -OCH3 is 2. The number of alkyl halides is 1. The molecular weight excluding hydrogens is 615 g/mol. The quantitative estimate of drug-likeness (QED) is 0.259. The minimum Gasteiger partial charge on any atom is -0.495 e. The van der Waals surface area contributed by atoms with Crippen molar-refractivity contribution in [2.45, 2.75) is 42.7 Å². The predicted octanol–water partition coefficient (Wildman–Crippen LogP) is 6.02. The van der Waals surface area contributed by atoms with Gasteiger partial charge in [-0.05, 0) is 66.8 Å². The van der Waals surface area contributed by atoms with E-state index in [0.29, 0.717) is 29.1 Å². The van der Waals surface area contributed by atoms with E-state index in [4.69, 9.17) is 32.7 Å². The fourth-order valence-electron chi connectivity index (χ4n) is 6.79. The molecule has 3 aliphatic rings. The van der Waals surface area contributed by atoms with Crippen molar-refractivity contribution >= 4 is 52.4 Å². The zero-order valence-electron chi connectivity index (χ0n) is 23.8. The Hall–Kier alpha value is -3.73. The van der Waals surface area contributed by atoms with Gasteiger partial charge in [-0.25, -0.2) is 9.18 Å². The fourth-order valence-corrected chi connectivity index (χ4v) is 7.15. The van der Waals surface area contributed by atoms with Gasteiger partial charge in [-0.15, -0.1) is 0 Å². The zero-order valence-corrected chi connectivity index (χ0v) is 25.3. The van der Waals surface area contributed by atoms with E-state index in [0.717, 1.165) is 0 Å². The molecule has 230 valence electrons. The van der Waals surface area contributed by atoms with Gasteiger partial charge in [-0.1, -0.05) is 41.4 Å². The summed E-state index contributed by atoms with van der Waals surface area (Å²) in [5.41, 5.74) is -0.707. The summed E-state index contributed by atoms with van der Waals surface area (Å²) in [7, 11) is 2.63. The lowest BCUT2D eigenvalue weighted by atomic mass is 9.63. The number of hydrogen-bond acceptors (Lipinski definition) is 6. The molecule has 44 heavy (non-hydrogen) atoms. The molecule has 1 aliphatic carbocycles. The van der Waals surface area contributed by atoms with Gasteiger partial charge in [0.15, 0.2) is 0 Å². The molecule has 2 fully saturated rings. The first kappa shape index (κ1) is 30.3. The summed E-state index contributed by atoms with van der Waals surface area (Å²) in [5, 5.41) is 9.28. The van der Waals surface area contributed by atoms with Gasteiger partial charge in [0, 0.05) is 28.1 Å². The van der Waals surface area contributed by atoms with Crippen LogP contribution in [0.1, 0.15) is 46.7 Å². The van der Waals surface area contributed by atoms with Gasteiger partial charge >= 0.3 is 5.97 Å². The number of carbonyl (C=O) groups excluding carboxylic acids is 3.